The number of esters is 1. The fourth-order valence-corrected chi connectivity index (χ4v) is 3.21. The molecule has 1 aliphatic heterocycles. The van der Waals surface area contributed by atoms with E-state index >= 15 is 0 Å². The molecule has 0 spiro atoms. The highest BCUT2D eigenvalue weighted by Gasteiger charge is 2.36. The minimum atomic E-state index is -0.749. The summed E-state index contributed by atoms with van der Waals surface area (Å²) in [6.45, 7) is -0.473. The number of carbonyl (C=O) groups excluding carboxylic acids is 3. The second-order valence-electron chi connectivity index (χ2n) is 6.90. The topological polar surface area (TPSA) is 137 Å². The Labute approximate surface area is 183 Å². The molecule has 0 radical (unpaired) electrons. The Kier molecular flexibility index (Phi) is 6.88. The molecule has 1 aliphatic rings. The number of hydrogen-bond donors (Lipinski definition) is 1. The lowest BCUT2D eigenvalue weighted by molar-refractivity contribution is -0.384. The maximum Gasteiger partial charge on any atom is 0.311 e. The SMILES string of the molecule is COc1ccc(NC(=O)COC(=O)[C@@H]2CC(=O)N(c3ccc([N+](=O)[O-])cc3)C2)c(OC)c1. The largest absolute Gasteiger partial charge is 0.497 e. The summed E-state index contributed by atoms with van der Waals surface area (Å²) in [6.07, 6.45) is -0.0796. The van der Waals surface area contributed by atoms with Crippen molar-refractivity contribution in [3.8, 4) is 11.5 Å². The van der Waals surface area contributed by atoms with Crippen LogP contribution < -0.4 is 19.7 Å². The smallest absolute Gasteiger partial charge is 0.311 e. The number of benzene rings is 2. The van der Waals surface area contributed by atoms with Crippen molar-refractivity contribution in [3.05, 3.63) is 52.6 Å². The Morgan fingerprint density at radius 3 is 2.50 bits per heavy atom. The van der Waals surface area contributed by atoms with Gasteiger partial charge in [0.2, 0.25) is 5.91 Å². The second-order valence-corrected chi connectivity index (χ2v) is 6.90. The van der Waals surface area contributed by atoms with Gasteiger partial charge in [0.15, 0.2) is 6.61 Å². The number of nitro groups is 1. The molecule has 11 heteroatoms. The van der Waals surface area contributed by atoms with Crippen molar-refractivity contribution in [2.75, 3.05) is 37.6 Å². The molecule has 32 heavy (non-hydrogen) atoms. The quantitative estimate of drug-likeness (QED) is 0.372. The Balaban J connectivity index is 1.54. The van der Waals surface area contributed by atoms with Gasteiger partial charge in [0.1, 0.15) is 11.5 Å². The Hall–Kier alpha value is -4.15. The van der Waals surface area contributed by atoms with Gasteiger partial charge in [-0.05, 0) is 24.3 Å². The predicted octanol–water partition coefficient (Wildman–Crippen LogP) is 2.15. The third-order valence-corrected chi connectivity index (χ3v) is 4.86. The van der Waals surface area contributed by atoms with E-state index in [1.54, 1.807) is 18.2 Å². The molecule has 1 saturated heterocycles. The van der Waals surface area contributed by atoms with Crippen LogP contribution in [0.15, 0.2) is 42.5 Å². The van der Waals surface area contributed by atoms with Crippen LogP contribution >= 0.6 is 0 Å². The highest BCUT2D eigenvalue weighted by atomic mass is 16.6. The summed E-state index contributed by atoms with van der Waals surface area (Å²) in [7, 11) is 2.95. The van der Waals surface area contributed by atoms with Crippen molar-refractivity contribution in [3.63, 3.8) is 0 Å². The lowest BCUT2D eigenvalue weighted by Gasteiger charge is -2.16. The van der Waals surface area contributed by atoms with Crippen LogP contribution in [0.4, 0.5) is 17.1 Å². The first-order valence-corrected chi connectivity index (χ1v) is 9.55. The van der Waals surface area contributed by atoms with Crippen molar-refractivity contribution < 1.29 is 33.5 Å². The van der Waals surface area contributed by atoms with E-state index < -0.39 is 29.3 Å². The molecule has 2 aromatic rings. The third-order valence-electron chi connectivity index (χ3n) is 4.86. The number of anilines is 2. The van der Waals surface area contributed by atoms with Gasteiger partial charge in [-0.3, -0.25) is 24.5 Å². The molecule has 3 rings (SSSR count). The van der Waals surface area contributed by atoms with Crippen LogP contribution in [-0.2, 0) is 19.1 Å². The van der Waals surface area contributed by atoms with Gasteiger partial charge in [0.05, 0.1) is 30.7 Å². The average molecular weight is 443 g/mol. The summed E-state index contributed by atoms with van der Waals surface area (Å²) in [4.78, 5) is 48.4. The van der Waals surface area contributed by atoms with Crippen LogP contribution in [0.3, 0.4) is 0 Å². The summed E-state index contributed by atoms with van der Waals surface area (Å²) in [6, 6.07) is 10.3. The van der Waals surface area contributed by atoms with Crippen LogP contribution in [0.1, 0.15) is 6.42 Å². The number of nitrogens with one attached hydrogen (secondary N) is 1. The van der Waals surface area contributed by atoms with E-state index in [9.17, 15) is 24.5 Å². The summed E-state index contributed by atoms with van der Waals surface area (Å²) in [5.41, 5.74) is 0.728. The minimum absolute atomic E-state index is 0.0589. The highest BCUT2D eigenvalue weighted by molar-refractivity contribution is 6.00. The molecule has 1 heterocycles. The van der Waals surface area contributed by atoms with Gasteiger partial charge in [-0.2, -0.15) is 0 Å². The monoisotopic (exact) mass is 443 g/mol. The molecule has 1 fully saturated rings. The highest BCUT2D eigenvalue weighted by Crippen LogP contribution is 2.29. The van der Waals surface area contributed by atoms with E-state index in [4.69, 9.17) is 14.2 Å². The minimum Gasteiger partial charge on any atom is -0.497 e. The normalized spacial score (nSPS) is 15.2. The fraction of sp³-hybridized carbons (Fsp3) is 0.286. The summed E-state index contributed by atoms with van der Waals surface area (Å²) >= 11 is 0. The molecular formula is C21H21N3O8. The van der Waals surface area contributed by atoms with Gasteiger partial charge in [0, 0.05) is 36.9 Å². The van der Waals surface area contributed by atoms with Crippen LogP contribution in [0, 0.1) is 16.0 Å². The van der Waals surface area contributed by atoms with E-state index in [0.29, 0.717) is 22.9 Å². The Bertz CT molecular complexity index is 1040. The first-order chi connectivity index (χ1) is 15.3. The molecule has 0 aliphatic carbocycles. The summed E-state index contributed by atoms with van der Waals surface area (Å²) in [5.74, 6) is -1.38. The number of nitro benzene ring substituents is 1. The van der Waals surface area contributed by atoms with E-state index in [1.165, 1.54) is 43.4 Å². The van der Waals surface area contributed by atoms with Crippen molar-refractivity contribution in [1.29, 1.82) is 0 Å². The van der Waals surface area contributed by atoms with E-state index in [-0.39, 0.29) is 24.6 Å². The first kappa shape index (κ1) is 22.5. The zero-order valence-electron chi connectivity index (χ0n) is 17.4. The van der Waals surface area contributed by atoms with Gasteiger partial charge in [0.25, 0.3) is 11.6 Å². The molecule has 0 bridgehead atoms. The van der Waals surface area contributed by atoms with Crippen molar-refractivity contribution >= 4 is 34.8 Å². The molecule has 168 valence electrons. The van der Waals surface area contributed by atoms with Gasteiger partial charge in [-0.15, -0.1) is 0 Å². The summed E-state index contributed by atoms with van der Waals surface area (Å²) in [5, 5.41) is 13.4. The van der Waals surface area contributed by atoms with Crippen molar-refractivity contribution in [2.45, 2.75) is 6.42 Å². The van der Waals surface area contributed by atoms with Crippen LogP contribution in [0.25, 0.3) is 0 Å². The molecular weight excluding hydrogens is 422 g/mol. The van der Waals surface area contributed by atoms with Gasteiger partial charge in [-0.25, -0.2) is 0 Å². The predicted molar refractivity (Wildman–Crippen MR) is 113 cm³/mol. The molecule has 1 atom stereocenters. The van der Waals surface area contributed by atoms with Gasteiger partial charge >= 0.3 is 5.97 Å². The third kappa shape index (κ3) is 5.12. The zero-order valence-corrected chi connectivity index (χ0v) is 17.4. The van der Waals surface area contributed by atoms with Crippen molar-refractivity contribution in [2.24, 2.45) is 5.92 Å². The Morgan fingerprint density at radius 1 is 1.16 bits per heavy atom. The molecule has 2 amide bonds. The zero-order chi connectivity index (χ0) is 23.3. The van der Waals surface area contributed by atoms with Crippen LogP contribution in [0.2, 0.25) is 0 Å². The lowest BCUT2D eigenvalue weighted by Crippen LogP contribution is -2.28. The van der Waals surface area contributed by atoms with Crippen LogP contribution in [-0.4, -0.2) is 50.1 Å². The maximum atomic E-state index is 12.4. The summed E-state index contributed by atoms with van der Waals surface area (Å²) < 4.78 is 15.4. The second kappa shape index (κ2) is 9.77. The van der Waals surface area contributed by atoms with E-state index in [0.717, 1.165) is 0 Å². The van der Waals surface area contributed by atoms with Gasteiger partial charge in [-0.1, -0.05) is 0 Å². The van der Waals surface area contributed by atoms with Crippen LogP contribution in [0.5, 0.6) is 11.5 Å². The Morgan fingerprint density at radius 2 is 1.88 bits per heavy atom. The number of ether oxygens (including phenoxy) is 3. The standard InChI is InChI=1S/C21H21N3O8/c1-30-16-7-8-17(18(10-16)31-2)22-19(25)12-32-21(27)13-9-20(26)23(11-13)14-3-5-15(6-4-14)24(28)29/h3-8,10,13H,9,11-12H2,1-2H3,(H,22,25)/t13-/m1/s1. The number of amides is 2. The maximum absolute atomic E-state index is 12.4. The molecule has 1 N–H and O–H groups in total. The van der Waals surface area contributed by atoms with Gasteiger partial charge < -0.3 is 24.4 Å². The van der Waals surface area contributed by atoms with Crippen molar-refractivity contribution in [1.82, 2.24) is 0 Å². The lowest BCUT2D eigenvalue weighted by atomic mass is 10.1. The molecule has 2 aromatic carbocycles. The number of carbonyl (C=O) groups is 3. The average Bonchev–Trinajstić information content (AvgIpc) is 3.19. The number of methoxy groups -OCH3 is 2. The number of nitrogens with zero attached hydrogens (tertiary/aromatic N) is 2. The first-order valence-electron chi connectivity index (χ1n) is 9.55. The van der Waals surface area contributed by atoms with E-state index in [2.05, 4.69) is 5.32 Å². The number of hydrogen-bond acceptors (Lipinski definition) is 8. The van der Waals surface area contributed by atoms with E-state index in [1.807, 2.05) is 0 Å². The number of rotatable bonds is 8. The molecule has 0 aromatic heterocycles. The molecule has 11 nitrogen and oxygen atoms in total. The fourth-order valence-electron chi connectivity index (χ4n) is 3.21. The number of non-ortho nitro benzene ring substituents is 1. The molecule has 0 unspecified atom stereocenters. The molecule has 0 saturated carbocycles.